The second-order valence-corrected chi connectivity index (χ2v) is 21.9. The number of nitrogens with one attached hydrogen (secondary N) is 3. The number of anilines is 3. The van der Waals surface area contributed by atoms with Crippen molar-refractivity contribution in [1.82, 2.24) is 20.2 Å². The minimum absolute atomic E-state index is 0. The molecule has 17 nitrogen and oxygen atoms in total. The highest BCUT2D eigenvalue weighted by Crippen LogP contribution is 2.43. The largest absolute Gasteiger partial charge is 1.00 e. The zero-order valence-electron chi connectivity index (χ0n) is 43.3. The second kappa shape index (κ2) is 24.3. The van der Waals surface area contributed by atoms with Crippen LogP contribution in [0.2, 0.25) is 0 Å². The highest BCUT2D eigenvalue weighted by molar-refractivity contribution is 8.01. The molecule has 2 amide bonds. The predicted octanol–water partition coefficient (Wildman–Crippen LogP) is 4.82. The summed E-state index contributed by atoms with van der Waals surface area (Å²) in [6.45, 7) is 10.7. The van der Waals surface area contributed by atoms with Gasteiger partial charge in [0.25, 0.3) is 11.8 Å². The Labute approximate surface area is 460 Å². The van der Waals surface area contributed by atoms with Crippen molar-refractivity contribution < 1.29 is 55.2 Å². The summed E-state index contributed by atoms with van der Waals surface area (Å²) in [4.78, 5) is 73.8. The molecule has 4 aromatic carbocycles. The fraction of sp³-hybridized carbons (Fsp3) is 0.309. The van der Waals surface area contributed by atoms with Gasteiger partial charge in [0.05, 0.1) is 26.8 Å². The standard InChI is InChI=1S/C55H59N9O8S3.ClH/c1-9-57-42-29-41(56)59-52(63(42)7)75-32-35-31-73-48-44(47(66)64(48)45(35)49(67)70-30-34-25-27-39(69-8)28-26-34)60-46(65)43(62-72-54(5,6)50(68)71-53(2,3)4)40-33-74-51(58-40)61-55(36-19-13-10-14-20-36,37-21-15-11-16-22-37)38-23-17-12-18-24-38;/h10-29,33,44,48H,9,30-32H2,1-8H3,(H4,56,57,58,60,61,65);1H/b62-43-;. The van der Waals surface area contributed by atoms with Crippen LogP contribution in [0, 0.1) is 0 Å². The quantitative estimate of drug-likeness (QED) is 0.0118. The van der Waals surface area contributed by atoms with E-state index in [9.17, 15) is 19.2 Å². The number of nitrogens with two attached hydrogens (primary N) is 1. The van der Waals surface area contributed by atoms with Gasteiger partial charge in [0.1, 0.15) is 46.3 Å². The Kier molecular flexibility index (Phi) is 18.1. The lowest BCUT2D eigenvalue weighted by Gasteiger charge is -2.49. The number of methoxy groups -OCH3 is 1. The van der Waals surface area contributed by atoms with Gasteiger partial charge in [0.15, 0.2) is 10.8 Å². The third kappa shape index (κ3) is 12.6. The summed E-state index contributed by atoms with van der Waals surface area (Å²) < 4.78 is 18.7. The number of carbonyl (C=O) groups is 4. The van der Waals surface area contributed by atoms with Gasteiger partial charge in [0.2, 0.25) is 17.2 Å². The molecule has 76 heavy (non-hydrogen) atoms. The first-order valence-electron chi connectivity index (χ1n) is 24.1. The molecule has 2 unspecified atom stereocenters. The van der Waals surface area contributed by atoms with Crippen molar-refractivity contribution in [2.24, 2.45) is 12.2 Å². The average Bonchev–Trinajstić information content (AvgIpc) is 3.87. The van der Waals surface area contributed by atoms with Crippen LogP contribution in [0.15, 0.2) is 148 Å². The summed E-state index contributed by atoms with van der Waals surface area (Å²) in [5.41, 5.74) is 6.75. The van der Waals surface area contributed by atoms with Crippen molar-refractivity contribution in [3.63, 3.8) is 0 Å². The topological polar surface area (TPSA) is 213 Å². The lowest BCUT2D eigenvalue weighted by Crippen LogP contribution is -3.00. The Bertz CT molecular complexity index is 3010. The van der Waals surface area contributed by atoms with E-state index in [0.29, 0.717) is 45.3 Å². The first-order valence-corrected chi connectivity index (χ1v) is 27.0. The number of benzene rings is 4. The Morgan fingerprint density at radius 3 is 2.07 bits per heavy atom. The van der Waals surface area contributed by atoms with Gasteiger partial charge >= 0.3 is 17.1 Å². The van der Waals surface area contributed by atoms with Crippen LogP contribution >= 0.6 is 34.9 Å². The minimum atomic E-state index is -1.66. The zero-order chi connectivity index (χ0) is 53.5. The van der Waals surface area contributed by atoms with Gasteiger partial charge in [-0.2, -0.15) is 0 Å². The number of oxime groups is 1. The SMILES string of the molecule is CCNc1cc(N)nc(SCC2=C(C(=O)OCc3ccc(OC)cc3)N3C(=O)C(NC(=O)/C(=N\OC(C)(C)C(=O)OC(C)(C)C)c4csc(NC(c5ccccc5)(c5ccccc5)c5ccccc5)n4)C3SC2)[n+]1C.[Cl-]. The van der Waals surface area contributed by atoms with Crippen LogP contribution in [0.3, 0.4) is 0 Å². The number of aromatic nitrogens is 3. The number of esters is 2. The molecule has 21 heteroatoms. The highest BCUT2D eigenvalue weighted by Gasteiger charge is 2.55. The third-order valence-electron chi connectivity index (χ3n) is 12.1. The third-order valence-corrected chi connectivity index (χ3v) is 15.3. The predicted molar refractivity (Wildman–Crippen MR) is 292 cm³/mol. The average molecular weight is 1110 g/mol. The molecule has 2 aromatic heterocycles. The summed E-state index contributed by atoms with van der Waals surface area (Å²) in [6, 6.07) is 37.7. The van der Waals surface area contributed by atoms with Crippen LogP contribution in [0.25, 0.3) is 0 Å². The van der Waals surface area contributed by atoms with Crippen LogP contribution in [0.5, 0.6) is 5.75 Å². The van der Waals surface area contributed by atoms with Crippen LogP contribution in [0.4, 0.5) is 16.8 Å². The summed E-state index contributed by atoms with van der Waals surface area (Å²) >= 11 is 3.98. The van der Waals surface area contributed by atoms with Gasteiger partial charge in [-0.25, -0.2) is 19.1 Å². The number of β-lactam (4-membered cyclic amide) rings is 1. The molecule has 1 saturated heterocycles. The van der Waals surface area contributed by atoms with E-state index in [1.54, 1.807) is 63.6 Å². The number of ether oxygens (including phenoxy) is 3. The number of hydrogen-bond acceptors (Lipinski definition) is 17. The molecule has 8 rings (SSSR count). The summed E-state index contributed by atoms with van der Waals surface area (Å²) in [5.74, 6) is -0.461. The number of nitrogens with zero attached hydrogens (tertiary/aromatic N) is 5. The molecule has 2 aliphatic heterocycles. The van der Waals surface area contributed by atoms with Crippen molar-refractivity contribution in [3.8, 4) is 5.75 Å². The van der Waals surface area contributed by atoms with Crippen LogP contribution in [0.1, 0.15) is 69.5 Å². The molecule has 5 N–H and O–H groups in total. The minimum Gasteiger partial charge on any atom is -1.00 e. The molecular weight excluding hydrogens is 1050 g/mol. The lowest BCUT2D eigenvalue weighted by atomic mass is 9.77. The fourth-order valence-corrected chi connectivity index (χ4v) is 11.5. The number of halogens is 1. The summed E-state index contributed by atoms with van der Waals surface area (Å²) in [6.07, 6.45) is 0. The van der Waals surface area contributed by atoms with Gasteiger partial charge in [-0.15, -0.1) is 23.1 Å². The van der Waals surface area contributed by atoms with Crippen molar-refractivity contribution in [2.45, 2.75) is 81.5 Å². The second-order valence-electron chi connectivity index (χ2n) is 19.0. The molecule has 2 aliphatic rings. The molecule has 0 aliphatic carbocycles. The van der Waals surface area contributed by atoms with Gasteiger partial charge < -0.3 is 53.1 Å². The molecular formula is C55H60ClN9O8S3. The number of carbonyl (C=O) groups excluding carboxylic acids is 4. The molecule has 1 fully saturated rings. The smallest absolute Gasteiger partial charge is 0.355 e. The molecule has 0 radical (unpaired) electrons. The maximum Gasteiger partial charge on any atom is 0.355 e. The Morgan fingerprint density at radius 1 is 0.895 bits per heavy atom. The number of thioether (sulfide) groups is 2. The van der Waals surface area contributed by atoms with Gasteiger partial charge in [0, 0.05) is 16.9 Å². The van der Waals surface area contributed by atoms with E-state index < -0.39 is 51.9 Å². The van der Waals surface area contributed by atoms with E-state index in [2.05, 4.69) is 26.1 Å². The van der Waals surface area contributed by atoms with Crippen molar-refractivity contribution in [3.05, 3.63) is 166 Å². The van der Waals surface area contributed by atoms with E-state index in [4.69, 9.17) is 29.8 Å². The number of hydrogen-bond donors (Lipinski definition) is 4. The Hall–Kier alpha value is -7.13. The van der Waals surface area contributed by atoms with Gasteiger partial charge in [-0.05, 0) is 93.3 Å². The normalized spacial score (nSPS) is 15.6. The first kappa shape index (κ1) is 56.6. The number of rotatable bonds is 20. The molecule has 398 valence electrons. The maximum absolute atomic E-state index is 14.8. The van der Waals surface area contributed by atoms with Gasteiger partial charge in [-0.1, -0.05) is 113 Å². The lowest BCUT2D eigenvalue weighted by molar-refractivity contribution is -0.699. The molecule has 6 aromatic rings. The van der Waals surface area contributed by atoms with Crippen LogP contribution < -0.4 is 43.4 Å². The van der Waals surface area contributed by atoms with Crippen molar-refractivity contribution in [1.29, 1.82) is 0 Å². The number of thiazole rings is 1. The number of amides is 2. The van der Waals surface area contributed by atoms with Gasteiger partial charge in [-0.3, -0.25) is 14.5 Å². The highest BCUT2D eigenvalue weighted by atomic mass is 35.5. The molecule has 0 bridgehead atoms. The molecule has 0 spiro atoms. The first-order chi connectivity index (χ1) is 35.9. The molecule has 0 saturated carbocycles. The summed E-state index contributed by atoms with van der Waals surface area (Å²) in [5, 5.41) is 16.2. The fourth-order valence-electron chi connectivity index (χ4n) is 8.30. The number of fused-ring (bicyclic) bond motifs is 1. The molecule has 4 heterocycles. The molecule has 2 atom stereocenters. The van der Waals surface area contributed by atoms with Crippen LogP contribution in [-0.2, 0) is 52.7 Å². The number of nitrogen functional groups attached to an aromatic ring is 1. The Balaban J connectivity index is 0.00000840. The van der Waals surface area contributed by atoms with E-state index in [0.717, 1.165) is 22.5 Å². The maximum atomic E-state index is 14.8. The van der Waals surface area contributed by atoms with Crippen molar-refractivity contribution >= 4 is 81.1 Å². The van der Waals surface area contributed by atoms with Crippen molar-refractivity contribution in [2.75, 3.05) is 41.5 Å². The van der Waals surface area contributed by atoms with Crippen LogP contribution in [-0.4, -0.2) is 92.1 Å². The van der Waals surface area contributed by atoms with E-state index in [1.807, 2.05) is 110 Å². The van der Waals surface area contributed by atoms with E-state index >= 15 is 0 Å². The monoisotopic (exact) mass is 1110 g/mol. The van der Waals surface area contributed by atoms with E-state index in [-0.39, 0.29) is 41.9 Å². The Morgan fingerprint density at radius 2 is 1.50 bits per heavy atom. The zero-order valence-corrected chi connectivity index (χ0v) is 46.5. The summed E-state index contributed by atoms with van der Waals surface area (Å²) in [7, 11) is 3.43. The van der Waals surface area contributed by atoms with E-state index in [1.165, 1.54) is 53.6 Å².